The van der Waals surface area contributed by atoms with Gasteiger partial charge in [-0.2, -0.15) is 0 Å². The minimum atomic E-state index is -0.753. The van der Waals surface area contributed by atoms with Gasteiger partial charge in [0.05, 0.1) is 0 Å². The molecule has 3 nitrogen and oxygen atoms in total. The Kier molecular flexibility index (Phi) is 4.35. The highest BCUT2D eigenvalue weighted by molar-refractivity contribution is 9.10. The summed E-state index contributed by atoms with van der Waals surface area (Å²) >= 11 is 3.23. The van der Waals surface area contributed by atoms with Crippen molar-refractivity contribution in [3.05, 3.63) is 34.1 Å². The lowest BCUT2D eigenvalue weighted by Gasteiger charge is -2.16. The molecule has 1 atom stereocenters. The van der Waals surface area contributed by atoms with Crippen LogP contribution in [0.3, 0.4) is 0 Å². The molecule has 0 bridgehead atoms. The number of halogens is 2. The van der Waals surface area contributed by atoms with Crippen molar-refractivity contribution in [3.8, 4) is 0 Å². The first-order chi connectivity index (χ1) is 8.54. The van der Waals surface area contributed by atoms with Gasteiger partial charge in [-0.05, 0) is 31.0 Å². The molecular weight excluding hydrogens is 301 g/mol. The summed E-state index contributed by atoms with van der Waals surface area (Å²) < 4.78 is 14.4. The van der Waals surface area contributed by atoms with E-state index in [1.807, 2.05) is 6.07 Å². The summed E-state index contributed by atoms with van der Waals surface area (Å²) in [6.07, 6.45) is 1.09. The SMILES string of the molecule is O=C(O)CC1CCN(Cc2ccc(Br)cc2F)C1. The fraction of sp³-hybridized carbons (Fsp3) is 0.462. The van der Waals surface area contributed by atoms with Gasteiger partial charge in [0, 0.05) is 29.5 Å². The summed E-state index contributed by atoms with van der Waals surface area (Å²) in [7, 11) is 0. The second-order valence-corrected chi connectivity index (χ2v) is 5.64. The largest absolute Gasteiger partial charge is 0.481 e. The van der Waals surface area contributed by atoms with E-state index in [1.165, 1.54) is 6.07 Å². The van der Waals surface area contributed by atoms with E-state index >= 15 is 0 Å². The monoisotopic (exact) mass is 315 g/mol. The molecule has 5 heteroatoms. The molecule has 0 amide bonds. The second-order valence-electron chi connectivity index (χ2n) is 4.72. The number of hydrogen-bond acceptors (Lipinski definition) is 2. The van der Waals surface area contributed by atoms with E-state index < -0.39 is 5.97 Å². The maximum atomic E-state index is 13.7. The smallest absolute Gasteiger partial charge is 0.303 e. The molecule has 1 aromatic rings. The Hall–Kier alpha value is -0.940. The van der Waals surface area contributed by atoms with Crippen LogP contribution in [0.25, 0.3) is 0 Å². The lowest BCUT2D eigenvalue weighted by molar-refractivity contribution is -0.138. The van der Waals surface area contributed by atoms with Crippen molar-refractivity contribution >= 4 is 21.9 Å². The maximum absolute atomic E-state index is 13.7. The van der Waals surface area contributed by atoms with Crippen LogP contribution in [0.15, 0.2) is 22.7 Å². The van der Waals surface area contributed by atoms with Gasteiger partial charge in [-0.3, -0.25) is 9.69 Å². The summed E-state index contributed by atoms with van der Waals surface area (Å²) in [5, 5.41) is 8.74. The molecule has 18 heavy (non-hydrogen) atoms. The number of benzene rings is 1. The van der Waals surface area contributed by atoms with Gasteiger partial charge in [0.1, 0.15) is 5.82 Å². The zero-order valence-electron chi connectivity index (χ0n) is 9.90. The fourth-order valence-electron chi connectivity index (χ4n) is 2.36. The zero-order valence-corrected chi connectivity index (χ0v) is 11.5. The first-order valence-electron chi connectivity index (χ1n) is 5.92. The predicted octanol–water partition coefficient (Wildman–Crippen LogP) is 2.88. The van der Waals surface area contributed by atoms with Gasteiger partial charge in [0.25, 0.3) is 0 Å². The summed E-state index contributed by atoms with van der Waals surface area (Å²) in [5.41, 5.74) is 0.661. The molecule has 1 fully saturated rings. The Morgan fingerprint density at radius 1 is 1.56 bits per heavy atom. The normalized spacial score (nSPS) is 20.2. The van der Waals surface area contributed by atoms with E-state index in [0.29, 0.717) is 12.1 Å². The van der Waals surface area contributed by atoms with Crippen LogP contribution in [-0.4, -0.2) is 29.1 Å². The summed E-state index contributed by atoms with van der Waals surface area (Å²) in [5.74, 6) is -0.774. The molecule has 0 radical (unpaired) electrons. The van der Waals surface area contributed by atoms with Crippen LogP contribution < -0.4 is 0 Å². The Balaban J connectivity index is 1.93. The minimum absolute atomic E-state index is 0.195. The van der Waals surface area contributed by atoms with Crippen LogP contribution in [0.5, 0.6) is 0 Å². The number of likely N-dealkylation sites (tertiary alicyclic amines) is 1. The molecule has 1 aliphatic rings. The Labute approximate surface area is 114 Å². The molecule has 1 aliphatic heterocycles. The third kappa shape index (κ3) is 3.53. The Morgan fingerprint density at radius 3 is 3.00 bits per heavy atom. The molecule has 98 valence electrons. The van der Waals surface area contributed by atoms with E-state index in [2.05, 4.69) is 20.8 Å². The van der Waals surface area contributed by atoms with Crippen LogP contribution in [-0.2, 0) is 11.3 Å². The average molecular weight is 316 g/mol. The van der Waals surface area contributed by atoms with Crippen LogP contribution in [0.2, 0.25) is 0 Å². The van der Waals surface area contributed by atoms with Gasteiger partial charge in [-0.15, -0.1) is 0 Å². The van der Waals surface area contributed by atoms with Crippen molar-refractivity contribution < 1.29 is 14.3 Å². The summed E-state index contributed by atoms with van der Waals surface area (Å²) in [6.45, 7) is 2.13. The molecule has 1 aromatic carbocycles. The lowest BCUT2D eigenvalue weighted by Crippen LogP contribution is -2.21. The van der Waals surface area contributed by atoms with Crippen molar-refractivity contribution in [3.63, 3.8) is 0 Å². The van der Waals surface area contributed by atoms with Crippen molar-refractivity contribution in [1.82, 2.24) is 4.90 Å². The summed E-state index contributed by atoms with van der Waals surface area (Å²) in [6, 6.07) is 5.05. The van der Waals surface area contributed by atoms with Crippen LogP contribution in [0.1, 0.15) is 18.4 Å². The van der Waals surface area contributed by atoms with E-state index in [0.717, 1.165) is 24.0 Å². The highest BCUT2D eigenvalue weighted by atomic mass is 79.9. The highest BCUT2D eigenvalue weighted by Crippen LogP contribution is 2.23. The third-order valence-electron chi connectivity index (χ3n) is 3.24. The molecule has 1 N–H and O–H groups in total. The molecule has 0 saturated carbocycles. The maximum Gasteiger partial charge on any atom is 0.303 e. The first-order valence-corrected chi connectivity index (χ1v) is 6.72. The fourth-order valence-corrected chi connectivity index (χ4v) is 2.69. The number of rotatable bonds is 4. The second kappa shape index (κ2) is 5.80. The number of carbonyl (C=O) groups is 1. The number of hydrogen-bond donors (Lipinski definition) is 1. The quantitative estimate of drug-likeness (QED) is 0.928. The molecular formula is C13H15BrFNO2. The molecule has 1 saturated heterocycles. The van der Waals surface area contributed by atoms with Crippen molar-refractivity contribution in [1.29, 1.82) is 0 Å². The topological polar surface area (TPSA) is 40.5 Å². The molecule has 2 rings (SSSR count). The third-order valence-corrected chi connectivity index (χ3v) is 3.74. The van der Waals surface area contributed by atoms with Crippen LogP contribution in [0.4, 0.5) is 4.39 Å². The minimum Gasteiger partial charge on any atom is -0.481 e. The van der Waals surface area contributed by atoms with Crippen molar-refractivity contribution in [2.75, 3.05) is 13.1 Å². The molecule has 0 spiro atoms. The number of carboxylic acids is 1. The number of aliphatic carboxylic acids is 1. The number of carboxylic acid groups (broad SMARTS) is 1. The van der Waals surface area contributed by atoms with Crippen LogP contribution in [0, 0.1) is 11.7 Å². The summed E-state index contributed by atoms with van der Waals surface area (Å²) in [4.78, 5) is 12.7. The number of nitrogens with zero attached hydrogens (tertiary/aromatic N) is 1. The van der Waals surface area contributed by atoms with Gasteiger partial charge < -0.3 is 5.11 Å². The van der Waals surface area contributed by atoms with E-state index in [9.17, 15) is 9.18 Å². The Bertz CT molecular complexity index is 453. The molecule has 1 heterocycles. The van der Waals surface area contributed by atoms with Crippen molar-refractivity contribution in [2.24, 2.45) is 5.92 Å². The lowest BCUT2D eigenvalue weighted by atomic mass is 10.1. The molecule has 0 aliphatic carbocycles. The zero-order chi connectivity index (χ0) is 13.1. The van der Waals surface area contributed by atoms with Gasteiger partial charge in [0.15, 0.2) is 0 Å². The highest BCUT2D eigenvalue weighted by Gasteiger charge is 2.24. The van der Waals surface area contributed by atoms with E-state index in [1.54, 1.807) is 6.07 Å². The van der Waals surface area contributed by atoms with Crippen LogP contribution >= 0.6 is 15.9 Å². The standard InChI is InChI=1S/C13H15BrFNO2/c14-11-2-1-10(12(15)6-11)8-16-4-3-9(7-16)5-13(17)18/h1-2,6,9H,3-5,7-8H2,(H,17,18). The Morgan fingerprint density at radius 2 is 2.33 bits per heavy atom. The average Bonchev–Trinajstić information content (AvgIpc) is 2.69. The molecule has 1 unspecified atom stereocenters. The first kappa shape index (κ1) is 13.5. The van der Waals surface area contributed by atoms with Gasteiger partial charge >= 0.3 is 5.97 Å². The predicted molar refractivity (Wildman–Crippen MR) is 69.7 cm³/mol. The molecule has 0 aromatic heterocycles. The van der Waals surface area contributed by atoms with E-state index in [-0.39, 0.29) is 18.2 Å². The van der Waals surface area contributed by atoms with Gasteiger partial charge in [-0.25, -0.2) is 4.39 Å². The van der Waals surface area contributed by atoms with Gasteiger partial charge in [0.2, 0.25) is 0 Å². The van der Waals surface area contributed by atoms with Crippen molar-refractivity contribution in [2.45, 2.75) is 19.4 Å². The van der Waals surface area contributed by atoms with E-state index in [4.69, 9.17) is 5.11 Å². The van der Waals surface area contributed by atoms with Gasteiger partial charge in [-0.1, -0.05) is 22.0 Å².